The van der Waals surface area contributed by atoms with Gasteiger partial charge in [-0.05, 0) is 36.6 Å². The molecule has 0 bridgehead atoms. The Morgan fingerprint density at radius 1 is 0.889 bits per heavy atom. The van der Waals surface area contributed by atoms with E-state index >= 15 is 0 Å². The predicted molar refractivity (Wildman–Crippen MR) is 138 cm³/mol. The zero-order valence-corrected chi connectivity index (χ0v) is 21.0. The smallest absolute Gasteiger partial charge is 0.300 e. The first-order valence-corrected chi connectivity index (χ1v) is 11.6. The zero-order chi connectivity index (χ0) is 26.0. The molecular weight excluding hydrogens is 458 g/mol. The topological polar surface area (TPSA) is 85.3 Å². The van der Waals surface area contributed by atoms with Gasteiger partial charge in [-0.25, -0.2) is 0 Å². The van der Waals surface area contributed by atoms with Gasteiger partial charge in [-0.1, -0.05) is 42.8 Å². The molecule has 7 heteroatoms. The van der Waals surface area contributed by atoms with Crippen molar-refractivity contribution in [3.63, 3.8) is 0 Å². The van der Waals surface area contributed by atoms with E-state index in [1.807, 2.05) is 44.2 Å². The highest BCUT2D eigenvalue weighted by molar-refractivity contribution is 6.51. The van der Waals surface area contributed by atoms with E-state index in [-0.39, 0.29) is 11.3 Å². The standard InChI is InChI=1S/C29H29NO6/c1-6-18-8-10-19(11-9-18)26-25(27(31)23-13-17(2)7-12-24(23)36-5)28(32)29(33)30(26)20-14-21(34-3)16-22(15-20)35-4/h7-16,26,31H,6H2,1-5H3/b27-25+. The molecule has 3 aromatic carbocycles. The normalized spacial score (nSPS) is 16.8. The third-order valence-corrected chi connectivity index (χ3v) is 6.37. The molecule has 0 aliphatic carbocycles. The number of ketones is 1. The van der Waals surface area contributed by atoms with Crippen LogP contribution < -0.4 is 19.1 Å². The first-order chi connectivity index (χ1) is 17.3. The van der Waals surface area contributed by atoms with Crippen molar-refractivity contribution >= 4 is 23.1 Å². The first-order valence-electron chi connectivity index (χ1n) is 11.6. The average Bonchev–Trinajstić information content (AvgIpc) is 3.17. The molecule has 1 heterocycles. The lowest BCUT2D eigenvalue weighted by Gasteiger charge is -2.26. The Morgan fingerprint density at radius 3 is 2.08 bits per heavy atom. The van der Waals surface area contributed by atoms with E-state index < -0.39 is 17.7 Å². The Morgan fingerprint density at radius 2 is 1.53 bits per heavy atom. The number of aliphatic hydroxyl groups excluding tert-OH is 1. The lowest BCUT2D eigenvalue weighted by Crippen LogP contribution is -2.29. The quantitative estimate of drug-likeness (QED) is 0.280. The van der Waals surface area contributed by atoms with E-state index in [0.29, 0.717) is 34.1 Å². The van der Waals surface area contributed by atoms with Crippen LogP contribution in [0.3, 0.4) is 0 Å². The number of amides is 1. The van der Waals surface area contributed by atoms with Crippen molar-refractivity contribution in [3.05, 3.63) is 88.5 Å². The molecule has 0 saturated carbocycles. The van der Waals surface area contributed by atoms with Crippen molar-refractivity contribution < 1.29 is 28.9 Å². The van der Waals surface area contributed by atoms with Gasteiger partial charge in [-0.3, -0.25) is 14.5 Å². The Labute approximate surface area is 210 Å². The lowest BCUT2D eigenvalue weighted by molar-refractivity contribution is -0.132. The van der Waals surface area contributed by atoms with Gasteiger partial charge in [0.15, 0.2) is 0 Å². The van der Waals surface area contributed by atoms with E-state index in [2.05, 4.69) is 0 Å². The van der Waals surface area contributed by atoms with Gasteiger partial charge in [0.05, 0.1) is 44.2 Å². The SMILES string of the molecule is CCc1ccc(C2/C(=C(\O)c3cc(C)ccc3OC)C(=O)C(=O)N2c2cc(OC)cc(OC)c2)cc1. The number of nitrogens with zero attached hydrogens (tertiary/aromatic N) is 1. The third kappa shape index (κ3) is 4.40. The van der Waals surface area contributed by atoms with Gasteiger partial charge in [0.2, 0.25) is 0 Å². The molecule has 0 spiro atoms. The van der Waals surface area contributed by atoms with E-state index in [9.17, 15) is 14.7 Å². The number of aliphatic hydroxyl groups is 1. The van der Waals surface area contributed by atoms with Gasteiger partial charge in [-0.2, -0.15) is 0 Å². The number of ether oxygens (including phenoxy) is 3. The van der Waals surface area contributed by atoms with Crippen LogP contribution in [0.25, 0.3) is 5.76 Å². The molecule has 4 rings (SSSR count). The summed E-state index contributed by atoms with van der Waals surface area (Å²) >= 11 is 0. The predicted octanol–water partition coefficient (Wildman–Crippen LogP) is 5.21. The van der Waals surface area contributed by atoms with Crippen molar-refractivity contribution in [2.75, 3.05) is 26.2 Å². The number of methoxy groups -OCH3 is 3. The summed E-state index contributed by atoms with van der Waals surface area (Å²) in [5.74, 6) is -0.521. The van der Waals surface area contributed by atoms with Gasteiger partial charge >= 0.3 is 0 Å². The molecule has 3 aromatic rings. The van der Waals surface area contributed by atoms with Gasteiger partial charge in [0.25, 0.3) is 11.7 Å². The Kier molecular flexibility index (Phi) is 7.01. The van der Waals surface area contributed by atoms with Crippen LogP contribution in [0.4, 0.5) is 5.69 Å². The number of benzene rings is 3. The van der Waals surface area contributed by atoms with Crippen molar-refractivity contribution in [2.24, 2.45) is 0 Å². The maximum absolute atomic E-state index is 13.5. The number of anilines is 1. The monoisotopic (exact) mass is 487 g/mol. The molecular formula is C29H29NO6. The summed E-state index contributed by atoms with van der Waals surface area (Å²) in [6.45, 7) is 3.92. The van der Waals surface area contributed by atoms with Crippen LogP contribution in [0.5, 0.6) is 17.2 Å². The van der Waals surface area contributed by atoms with Gasteiger partial charge in [0, 0.05) is 18.2 Å². The van der Waals surface area contributed by atoms with Gasteiger partial charge in [0.1, 0.15) is 23.0 Å². The summed E-state index contributed by atoms with van der Waals surface area (Å²) in [5.41, 5.74) is 3.39. The molecule has 1 unspecified atom stereocenters. The molecule has 1 N–H and O–H groups in total. The summed E-state index contributed by atoms with van der Waals surface area (Å²) in [5, 5.41) is 11.5. The second-order valence-corrected chi connectivity index (χ2v) is 8.54. The van der Waals surface area contributed by atoms with E-state index in [1.165, 1.54) is 26.2 Å². The number of aryl methyl sites for hydroxylation is 2. The highest BCUT2D eigenvalue weighted by atomic mass is 16.5. The van der Waals surface area contributed by atoms with Crippen molar-refractivity contribution in [1.29, 1.82) is 0 Å². The molecule has 1 fully saturated rings. The molecule has 0 radical (unpaired) electrons. The molecule has 36 heavy (non-hydrogen) atoms. The summed E-state index contributed by atoms with van der Waals surface area (Å²) in [6.07, 6.45) is 0.841. The largest absolute Gasteiger partial charge is 0.507 e. The minimum Gasteiger partial charge on any atom is -0.507 e. The average molecular weight is 488 g/mol. The number of rotatable bonds is 7. The molecule has 1 saturated heterocycles. The molecule has 1 aliphatic heterocycles. The maximum Gasteiger partial charge on any atom is 0.300 e. The lowest BCUT2D eigenvalue weighted by atomic mass is 9.93. The van der Waals surface area contributed by atoms with E-state index in [1.54, 1.807) is 30.3 Å². The molecule has 7 nitrogen and oxygen atoms in total. The fraction of sp³-hybridized carbons (Fsp3) is 0.241. The second-order valence-electron chi connectivity index (χ2n) is 8.54. The number of Topliss-reactive ketones (excluding diaryl/α,β-unsaturated/α-hetero) is 1. The summed E-state index contributed by atoms with van der Waals surface area (Å²) in [7, 11) is 4.51. The summed E-state index contributed by atoms with van der Waals surface area (Å²) in [4.78, 5) is 28.4. The van der Waals surface area contributed by atoms with Gasteiger partial charge < -0.3 is 19.3 Å². The van der Waals surface area contributed by atoms with Crippen LogP contribution >= 0.6 is 0 Å². The Hall–Kier alpha value is -4.26. The minimum atomic E-state index is -0.877. The highest BCUT2D eigenvalue weighted by Crippen LogP contribution is 2.45. The van der Waals surface area contributed by atoms with Crippen molar-refractivity contribution in [1.82, 2.24) is 0 Å². The fourth-order valence-corrected chi connectivity index (χ4v) is 4.43. The minimum absolute atomic E-state index is 0.0186. The Bertz CT molecular complexity index is 1320. The number of hydrogen-bond donors (Lipinski definition) is 1. The molecule has 1 atom stereocenters. The number of carbonyl (C=O) groups is 2. The summed E-state index contributed by atoms with van der Waals surface area (Å²) in [6, 6.07) is 17.1. The van der Waals surface area contributed by atoms with Crippen molar-refractivity contribution in [2.45, 2.75) is 26.3 Å². The van der Waals surface area contributed by atoms with Crippen LogP contribution in [-0.4, -0.2) is 38.1 Å². The highest BCUT2D eigenvalue weighted by Gasteiger charge is 2.47. The van der Waals surface area contributed by atoms with Crippen LogP contribution in [0.2, 0.25) is 0 Å². The molecule has 1 amide bonds. The number of hydrogen-bond acceptors (Lipinski definition) is 6. The molecule has 186 valence electrons. The zero-order valence-electron chi connectivity index (χ0n) is 21.0. The van der Waals surface area contributed by atoms with Crippen LogP contribution in [0.15, 0.2) is 66.2 Å². The third-order valence-electron chi connectivity index (χ3n) is 6.37. The van der Waals surface area contributed by atoms with Gasteiger partial charge in [-0.15, -0.1) is 0 Å². The summed E-state index contributed by atoms with van der Waals surface area (Å²) < 4.78 is 16.2. The van der Waals surface area contributed by atoms with Crippen molar-refractivity contribution in [3.8, 4) is 17.2 Å². The molecule has 1 aliphatic rings. The number of carbonyl (C=O) groups excluding carboxylic acids is 2. The van der Waals surface area contributed by atoms with Crippen LogP contribution in [0.1, 0.15) is 35.2 Å². The maximum atomic E-state index is 13.5. The first kappa shape index (κ1) is 24.9. The van der Waals surface area contributed by atoms with E-state index in [4.69, 9.17) is 14.2 Å². The fourth-order valence-electron chi connectivity index (χ4n) is 4.43. The molecule has 0 aromatic heterocycles. The van der Waals surface area contributed by atoms with Crippen LogP contribution in [0, 0.1) is 6.92 Å². The Balaban J connectivity index is 1.99. The second kappa shape index (κ2) is 10.2. The van der Waals surface area contributed by atoms with Crippen LogP contribution in [-0.2, 0) is 16.0 Å². The van der Waals surface area contributed by atoms with E-state index in [0.717, 1.165) is 17.5 Å².